The highest BCUT2D eigenvalue weighted by molar-refractivity contribution is 5.89. The van der Waals surface area contributed by atoms with Gasteiger partial charge in [0.25, 0.3) is 0 Å². The maximum atomic E-state index is 11.2. The lowest BCUT2D eigenvalue weighted by Gasteiger charge is -2.16. The van der Waals surface area contributed by atoms with E-state index >= 15 is 0 Å². The van der Waals surface area contributed by atoms with E-state index in [-0.39, 0.29) is 18.1 Å². The highest BCUT2D eigenvalue weighted by Crippen LogP contribution is 2.30. The van der Waals surface area contributed by atoms with E-state index in [0.717, 1.165) is 19.3 Å². The molecule has 1 N–H and O–H groups in total. The molecule has 2 unspecified atom stereocenters. The molecule has 15 heavy (non-hydrogen) atoms. The molecule has 0 spiro atoms. The van der Waals surface area contributed by atoms with Crippen molar-refractivity contribution in [3.05, 3.63) is 24.0 Å². The topological polar surface area (TPSA) is 51.5 Å². The molecule has 4 heteroatoms. The minimum absolute atomic E-state index is 0.114. The Morgan fingerprint density at radius 2 is 2.40 bits per heavy atom. The van der Waals surface area contributed by atoms with Gasteiger partial charge in [-0.25, -0.2) is 4.79 Å². The summed E-state index contributed by atoms with van der Waals surface area (Å²) >= 11 is 0. The molecule has 1 fully saturated rings. The van der Waals surface area contributed by atoms with Crippen LogP contribution in [0.25, 0.3) is 0 Å². The summed E-state index contributed by atoms with van der Waals surface area (Å²) in [5.41, 5.74) is 0.539. The minimum atomic E-state index is -0.332. The first-order valence-electron chi connectivity index (χ1n) is 5.16. The Morgan fingerprint density at radius 1 is 1.60 bits per heavy atom. The molecule has 1 aliphatic rings. The molecule has 0 radical (unpaired) electrons. The van der Waals surface area contributed by atoms with Crippen LogP contribution in [0.5, 0.6) is 0 Å². The monoisotopic (exact) mass is 209 g/mol. The molecule has 1 aromatic rings. The van der Waals surface area contributed by atoms with Crippen LogP contribution in [0, 0.1) is 0 Å². The Morgan fingerprint density at radius 3 is 3.00 bits per heavy atom. The molecular formula is C11H15NO3. The first-order valence-corrected chi connectivity index (χ1v) is 5.16. The van der Waals surface area contributed by atoms with Gasteiger partial charge in [-0.1, -0.05) is 0 Å². The molecule has 1 saturated carbocycles. The van der Waals surface area contributed by atoms with Crippen molar-refractivity contribution in [1.82, 2.24) is 4.57 Å². The number of methoxy groups -OCH3 is 1. The van der Waals surface area contributed by atoms with Crippen LogP contribution in [-0.4, -0.2) is 28.9 Å². The van der Waals surface area contributed by atoms with Gasteiger partial charge in [-0.2, -0.15) is 0 Å². The number of rotatable bonds is 2. The van der Waals surface area contributed by atoms with Crippen molar-refractivity contribution in [2.24, 2.45) is 0 Å². The predicted octanol–water partition coefficient (Wildman–Crippen LogP) is 1.36. The van der Waals surface area contributed by atoms with Gasteiger partial charge in [-0.05, 0) is 25.3 Å². The fraction of sp³-hybridized carbons (Fsp3) is 0.545. The van der Waals surface area contributed by atoms with Crippen molar-refractivity contribution < 1.29 is 14.6 Å². The second-order valence-corrected chi connectivity index (χ2v) is 3.90. The Kier molecular flexibility index (Phi) is 2.77. The number of carbonyl (C=O) groups excluding carboxylic acids is 1. The van der Waals surface area contributed by atoms with Crippen molar-refractivity contribution in [1.29, 1.82) is 0 Å². The number of carbonyl (C=O) groups is 1. The van der Waals surface area contributed by atoms with Crippen LogP contribution in [0.15, 0.2) is 18.5 Å². The van der Waals surface area contributed by atoms with E-state index in [1.165, 1.54) is 7.11 Å². The molecule has 1 aromatic heterocycles. The van der Waals surface area contributed by atoms with Gasteiger partial charge in [0.15, 0.2) is 0 Å². The highest BCUT2D eigenvalue weighted by Gasteiger charge is 2.26. The van der Waals surface area contributed by atoms with Crippen molar-refractivity contribution in [2.75, 3.05) is 7.11 Å². The number of hydrogen-bond acceptors (Lipinski definition) is 3. The first-order chi connectivity index (χ1) is 7.22. The van der Waals surface area contributed by atoms with Crippen LogP contribution < -0.4 is 0 Å². The normalized spacial score (nSPS) is 25.5. The van der Waals surface area contributed by atoms with Crippen molar-refractivity contribution in [3.63, 3.8) is 0 Å². The largest absolute Gasteiger partial charge is 0.465 e. The lowest BCUT2D eigenvalue weighted by atomic mass is 10.2. The average molecular weight is 209 g/mol. The molecular weight excluding hydrogens is 194 g/mol. The number of nitrogens with zero attached hydrogens (tertiary/aromatic N) is 1. The van der Waals surface area contributed by atoms with Gasteiger partial charge >= 0.3 is 5.97 Å². The zero-order chi connectivity index (χ0) is 10.8. The number of aliphatic hydroxyl groups excluding tert-OH is 1. The SMILES string of the molecule is COC(=O)c1ccn(C2CCCC2O)c1. The maximum Gasteiger partial charge on any atom is 0.339 e. The van der Waals surface area contributed by atoms with Crippen LogP contribution in [0.3, 0.4) is 0 Å². The third-order valence-corrected chi connectivity index (χ3v) is 2.96. The second kappa shape index (κ2) is 4.06. The van der Waals surface area contributed by atoms with Gasteiger partial charge in [-0.15, -0.1) is 0 Å². The highest BCUT2D eigenvalue weighted by atomic mass is 16.5. The Bertz CT molecular complexity index is 358. The van der Waals surface area contributed by atoms with Crippen LogP contribution in [0.2, 0.25) is 0 Å². The predicted molar refractivity (Wildman–Crippen MR) is 54.7 cm³/mol. The molecule has 0 aromatic carbocycles. The molecule has 4 nitrogen and oxygen atoms in total. The number of ether oxygens (including phenoxy) is 1. The second-order valence-electron chi connectivity index (χ2n) is 3.90. The fourth-order valence-corrected chi connectivity index (χ4v) is 2.13. The van der Waals surface area contributed by atoms with Gasteiger partial charge in [0.2, 0.25) is 0 Å². The standard InChI is InChI=1S/C11H15NO3/c1-15-11(14)8-5-6-12(7-8)9-3-2-4-10(9)13/h5-7,9-10,13H,2-4H2,1H3. The first kappa shape index (κ1) is 10.2. The fourth-order valence-electron chi connectivity index (χ4n) is 2.13. The average Bonchev–Trinajstić information content (AvgIpc) is 2.84. The maximum absolute atomic E-state index is 11.2. The summed E-state index contributed by atoms with van der Waals surface area (Å²) in [4.78, 5) is 11.2. The number of esters is 1. The van der Waals surface area contributed by atoms with Crippen LogP contribution in [0.1, 0.15) is 35.7 Å². The minimum Gasteiger partial charge on any atom is -0.465 e. The quantitative estimate of drug-likeness (QED) is 0.748. The van der Waals surface area contributed by atoms with Gasteiger partial charge in [-0.3, -0.25) is 0 Å². The smallest absolute Gasteiger partial charge is 0.339 e. The molecule has 2 atom stereocenters. The lowest BCUT2D eigenvalue weighted by Crippen LogP contribution is -2.16. The van der Waals surface area contributed by atoms with Crippen LogP contribution in [-0.2, 0) is 4.74 Å². The van der Waals surface area contributed by atoms with Crippen molar-refractivity contribution in [3.8, 4) is 0 Å². The van der Waals surface area contributed by atoms with Crippen LogP contribution >= 0.6 is 0 Å². The summed E-state index contributed by atoms with van der Waals surface area (Å²) in [5, 5.41) is 9.71. The van der Waals surface area contributed by atoms with E-state index < -0.39 is 0 Å². The Balaban J connectivity index is 2.16. The number of hydrogen-bond donors (Lipinski definition) is 1. The third kappa shape index (κ3) is 1.90. The lowest BCUT2D eigenvalue weighted by molar-refractivity contribution is 0.0600. The van der Waals surface area contributed by atoms with E-state index in [2.05, 4.69) is 4.74 Å². The molecule has 1 heterocycles. The molecule has 82 valence electrons. The summed E-state index contributed by atoms with van der Waals surface area (Å²) in [5.74, 6) is -0.332. The number of aromatic nitrogens is 1. The van der Waals surface area contributed by atoms with Crippen molar-refractivity contribution in [2.45, 2.75) is 31.4 Å². The summed E-state index contributed by atoms with van der Waals surface area (Å²) in [6, 6.07) is 1.83. The summed E-state index contributed by atoms with van der Waals surface area (Å²) < 4.78 is 6.53. The van der Waals surface area contributed by atoms with E-state index in [0.29, 0.717) is 5.56 Å². The number of aliphatic hydroxyl groups is 1. The molecule has 2 rings (SSSR count). The van der Waals surface area contributed by atoms with Crippen molar-refractivity contribution >= 4 is 5.97 Å². The molecule has 0 aliphatic heterocycles. The van der Waals surface area contributed by atoms with Gasteiger partial charge in [0.05, 0.1) is 24.8 Å². The summed E-state index contributed by atoms with van der Waals surface area (Å²) in [7, 11) is 1.37. The van der Waals surface area contributed by atoms with E-state index in [1.807, 2.05) is 10.8 Å². The van der Waals surface area contributed by atoms with Gasteiger partial charge < -0.3 is 14.4 Å². The third-order valence-electron chi connectivity index (χ3n) is 2.96. The molecule has 1 aliphatic carbocycles. The van der Waals surface area contributed by atoms with E-state index in [9.17, 15) is 9.90 Å². The summed E-state index contributed by atoms with van der Waals surface area (Å²) in [6.07, 6.45) is 6.13. The van der Waals surface area contributed by atoms with Gasteiger partial charge in [0, 0.05) is 12.4 Å². The summed E-state index contributed by atoms with van der Waals surface area (Å²) in [6.45, 7) is 0. The Labute approximate surface area is 88.5 Å². The van der Waals surface area contributed by atoms with E-state index in [4.69, 9.17) is 0 Å². The van der Waals surface area contributed by atoms with E-state index in [1.54, 1.807) is 12.3 Å². The zero-order valence-electron chi connectivity index (χ0n) is 8.72. The molecule has 0 amide bonds. The van der Waals surface area contributed by atoms with Crippen LogP contribution in [0.4, 0.5) is 0 Å². The molecule has 0 bridgehead atoms. The zero-order valence-corrected chi connectivity index (χ0v) is 8.72. The van der Waals surface area contributed by atoms with Gasteiger partial charge in [0.1, 0.15) is 0 Å². The Hall–Kier alpha value is -1.29. The molecule has 0 saturated heterocycles.